The predicted octanol–water partition coefficient (Wildman–Crippen LogP) is 4.40. The van der Waals surface area contributed by atoms with E-state index in [2.05, 4.69) is 9.97 Å². The summed E-state index contributed by atoms with van der Waals surface area (Å²) in [6.45, 7) is 4.11. The third kappa shape index (κ3) is 3.99. The van der Waals surface area contributed by atoms with E-state index in [-0.39, 0.29) is 46.5 Å². The second-order valence-corrected chi connectivity index (χ2v) is 7.40. The fraction of sp³-hybridized carbons (Fsp3) is 0.333. The molecule has 1 saturated heterocycles. The standard InChI is InChI=1S/C21H20F2N2O5/c1-21(2)29-10-12(30-21)9-28-11-6-7-13(15(8-11)18(22)23)19-24-16-5-3-4-14(20(26)27)17(16)25-19/h3-8,12,18H,9-10H2,1-2H3,(H,24,25)(H,26,27). The summed E-state index contributed by atoms with van der Waals surface area (Å²) in [7, 11) is 0. The lowest BCUT2D eigenvalue weighted by Gasteiger charge is -2.17. The van der Waals surface area contributed by atoms with Crippen molar-refractivity contribution in [2.24, 2.45) is 0 Å². The summed E-state index contributed by atoms with van der Waals surface area (Å²) in [6.07, 6.45) is -3.07. The molecule has 0 amide bonds. The fourth-order valence-electron chi connectivity index (χ4n) is 3.39. The Hall–Kier alpha value is -3.04. The lowest BCUT2D eigenvalue weighted by atomic mass is 10.1. The Bertz CT molecular complexity index is 1100. The van der Waals surface area contributed by atoms with Crippen LogP contribution in [0.2, 0.25) is 0 Å². The van der Waals surface area contributed by atoms with Gasteiger partial charge in [-0.05, 0) is 44.2 Å². The number of alkyl halides is 2. The number of aromatic nitrogens is 2. The maximum absolute atomic E-state index is 13.8. The number of aromatic carboxylic acids is 1. The minimum atomic E-state index is -2.78. The number of H-pyrrole nitrogens is 1. The number of rotatable bonds is 6. The average molecular weight is 418 g/mol. The molecule has 4 rings (SSSR count). The maximum atomic E-state index is 13.8. The van der Waals surface area contributed by atoms with Crippen LogP contribution in [0, 0.1) is 0 Å². The van der Waals surface area contributed by atoms with Crippen LogP contribution in [0.3, 0.4) is 0 Å². The monoisotopic (exact) mass is 418 g/mol. The van der Waals surface area contributed by atoms with Gasteiger partial charge in [-0.25, -0.2) is 18.6 Å². The summed E-state index contributed by atoms with van der Waals surface area (Å²) in [4.78, 5) is 18.6. The zero-order valence-corrected chi connectivity index (χ0v) is 16.3. The van der Waals surface area contributed by atoms with Gasteiger partial charge in [0.1, 0.15) is 29.8 Å². The first-order valence-electron chi connectivity index (χ1n) is 9.32. The summed E-state index contributed by atoms with van der Waals surface area (Å²) in [5.74, 6) is -1.40. The molecule has 1 aliphatic rings. The average Bonchev–Trinajstić information content (AvgIpc) is 3.28. The first-order chi connectivity index (χ1) is 14.2. The Morgan fingerprint density at radius 1 is 1.37 bits per heavy atom. The SMILES string of the molecule is CC1(C)OCC(COc2ccc(-c3nc4c(C(=O)O)cccc4[nH]3)c(C(F)F)c2)O1. The van der Waals surface area contributed by atoms with Crippen LogP contribution in [0.4, 0.5) is 8.78 Å². The molecule has 30 heavy (non-hydrogen) atoms. The van der Waals surface area contributed by atoms with E-state index in [0.29, 0.717) is 12.1 Å². The number of halogens is 2. The molecule has 3 aromatic rings. The Morgan fingerprint density at radius 2 is 2.17 bits per heavy atom. The molecular weight excluding hydrogens is 398 g/mol. The minimum absolute atomic E-state index is 0.00439. The number of para-hydroxylation sites is 1. The minimum Gasteiger partial charge on any atom is -0.491 e. The molecule has 1 unspecified atom stereocenters. The summed E-state index contributed by atoms with van der Waals surface area (Å²) < 4.78 is 44.3. The number of imidazole rings is 1. The molecule has 7 nitrogen and oxygen atoms in total. The Labute approximate surface area is 170 Å². The maximum Gasteiger partial charge on any atom is 0.337 e. The van der Waals surface area contributed by atoms with Crippen molar-refractivity contribution in [3.63, 3.8) is 0 Å². The number of fused-ring (bicyclic) bond motifs is 1. The van der Waals surface area contributed by atoms with Crippen molar-refractivity contribution in [2.75, 3.05) is 13.2 Å². The summed E-state index contributed by atoms with van der Waals surface area (Å²) in [5.41, 5.74) is 0.557. The smallest absolute Gasteiger partial charge is 0.337 e. The summed E-state index contributed by atoms with van der Waals surface area (Å²) in [6, 6.07) is 8.92. The lowest BCUT2D eigenvalue weighted by Crippen LogP contribution is -2.25. The van der Waals surface area contributed by atoms with Crippen molar-refractivity contribution in [2.45, 2.75) is 32.2 Å². The third-order valence-electron chi connectivity index (χ3n) is 4.76. The Balaban J connectivity index is 1.62. The predicted molar refractivity (Wildman–Crippen MR) is 104 cm³/mol. The second kappa shape index (κ2) is 7.66. The van der Waals surface area contributed by atoms with E-state index < -0.39 is 18.2 Å². The number of nitrogens with zero attached hydrogens (tertiary/aromatic N) is 1. The molecule has 9 heteroatoms. The third-order valence-corrected chi connectivity index (χ3v) is 4.76. The number of hydrogen-bond acceptors (Lipinski definition) is 5. The van der Waals surface area contributed by atoms with Gasteiger partial charge in [-0.1, -0.05) is 6.07 Å². The van der Waals surface area contributed by atoms with Gasteiger partial charge in [-0.15, -0.1) is 0 Å². The van der Waals surface area contributed by atoms with E-state index in [4.69, 9.17) is 14.2 Å². The highest BCUT2D eigenvalue weighted by Gasteiger charge is 2.33. The molecule has 0 saturated carbocycles. The quantitative estimate of drug-likeness (QED) is 0.617. The number of carboxylic acids is 1. The van der Waals surface area contributed by atoms with E-state index in [1.807, 2.05) is 0 Å². The van der Waals surface area contributed by atoms with Crippen molar-refractivity contribution in [1.29, 1.82) is 0 Å². The molecular formula is C21H20F2N2O5. The molecule has 0 aliphatic carbocycles. The highest BCUT2D eigenvalue weighted by Crippen LogP contribution is 2.34. The molecule has 158 valence electrons. The largest absolute Gasteiger partial charge is 0.491 e. The molecule has 0 radical (unpaired) electrons. The molecule has 1 aromatic heterocycles. The number of carboxylic acid groups (broad SMARTS) is 1. The summed E-state index contributed by atoms with van der Waals surface area (Å²) in [5, 5.41) is 9.31. The van der Waals surface area contributed by atoms with Crippen LogP contribution in [0.25, 0.3) is 22.4 Å². The van der Waals surface area contributed by atoms with Crippen LogP contribution in [-0.2, 0) is 9.47 Å². The number of nitrogens with one attached hydrogen (secondary N) is 1. The van der Waals surface area contributed by atoms with Gasteiger partial charge in [0.05, 0.1) is 17.7 Å². The van der Waals surface area contributed by atoms with Gasteiger partial charge >= 0.3 is 5.97 Å². The first kappa shape index (κ1) is 20.2. The number of carbonyl (C=O) groups is 1. The number of hydrogen-bond donors (Lipinski definition) is 2. The normalized spacial score (nSPS) is 18.2. The zero-order chi connectivity index (χ0) is 21.5. The van der Waals surface area contributed by atoms with Gasteiger partial charge < -0.3 is 24.3 Å². The van der Waals surface area contributed by atoms with Crippen LogP contribution in [0.15, 0.2) is 36.4 Å². The van der Waals surface area contributed by atoms with Gasteiger partial charge in [0.15, 0.2) is 5.79 Å². The van der Waals surface area contributed by atoms with Crippen LogP contribution < -0.4 is 4.74 Å². The fourth-order valence-corrected chi connectivity index (χ4v) is 3.39. The van der Waals surface area contributed by atoms with Gasteiger partial charge in [-0.3, -0.25) is 0 Å². The topological polar surface area (TPSA) is 93.7 Å². The molecule has 1 aliphatic heterocycles. The van der Waals surface area contributed by atoms with Crippen molar-refractivity contribution < 1.29 is 32.9 Å². The van der Waals surface area contributed by atoms with E-state index in [1.54, 1.807) is 32.0 Å². The van der Waals surface area contributed by atoms with E-state index >= 15 is 0 Å². The Kier molecular flexibility index (Phi) is 5.17. The Morgan fingerprint density at radius 3 is 2.83 bits per heavy atom. The van der Waals surface area contributed by atoms with Crippen LogP contribution in [-0.4, -0.2) is 46.1 Å². The van der Waals surface area contributed by atoms with Gasteiger partial charge in [-0.2, -0.15) is 0 Å². The van der Waals surface area contributed by atoms with Crippen LogP contribution >= 0.6 is 0 Å². The van der Waals surface area contributed by atoms with Crippen LogP contribution in [0.5, 0.6) is 5.75 Å². The number of aromatic amines is 1. The number of benzene rings is 2. The molecule has 2 aromatic carbocycles. The molecule has 1 fully saturated rings. The van der Waals surface area contributed by atoms with E-state index in [9.17, 15) is 18.7 Å². The second-order valence-electron chi connectivity index (χ2n) is 7.40. The van der Waals surface area contributed by atoms with Gasteiger partial charge in [0, 0.05) is 11.1 Å². The molecule has 1 atom stereocenters. The van der Waals surface area contributed by atoms with Crippen molar-refractivity contribution in [3.8, 4) is 17.1 Å². The zero-order valence-electron chi connectivity index (χ0n) is 16.3. The van der Waals surface area contributed by atoms with Gasteiger partial charge in [0.2, 0.25) is 0 Å². The van der Waals surface area contributed by atoms with Crippen molar-refractivity contribution in [1.82, 2.24) is 9.97 Å². The van der Waals surface area contributed by atoms with Crippen LogP contribution in [0.1, 0.15) is 36.2 Å². The molecule has 2 heterocycles. The first-order valence-corrected chi connectivity index (χ1v) is 9.32. The van der Waals surface area contributed by atoms with Gasteiger partial charge in [0.25, 0.3) is 6.43 Å². The molecule has 0 spiro atoms. The molecule has 2 N–H and O–H groups in total. The van der Waals surface area contributed by atoms with E-state index in [1.165, 1.54) is 18.2 Å². The highest BCUT2D eigenvalue weighted by molar-refractivity contribution is 6.01. The van der Waals surface area contributed by atoms with E-state index in [0.717, 1.165) is 0 Å². The van der Waals surface area contributed by atoms with Crippen molar-refractivity contribution in [3.05, 3.63) is 47.5 Å². The highest BCUT2D eigenvalue weighted by atomic mass is 19.3. The summed E-state index contributed by atoms with van der Waals surface area (Å²) >= 11 is 0. The molecule has 0 bridgehead atoms. The van der Waals surface area contributed by atoms with Crippen molar-refractivity contribution >= 4 is 17.0 Å². The lowest BCUT2D eigenvalue weighted by molar-refractivity contribution is -0.141. The number of ether oxygens (including phenoxy) is 3.